The number of carbonyl (C=O) groups excluding carboxylic acids is 1. The second-order valence-corrected chi connectivity index (χ2v) is 8.18. The highest BCUT2D eigenvalue weighted by atomic mass is 16.4. The highest BCUT2D eigenvalue weighted by Gasteiger charge is 2.35. The summed E-state index contributed by atoms with van der Waals surface area (Å²) in [4.78, 5) is 27.4. The summed E-state index contributed by atoms with van der Waals surface area (Å²) >= 11 is 0. The van der Waals surface area contributed by atoms with Crippen LogP contribution in [0.15, 0.2) is 30.3 Å². The molecular formula is C22H33N3O3. The number of amides is 2. The number of aryl methyl sites for hydroxylation is 1. The number of hydrogen-bond acceptors (Lipinski definition) is 3. The van der Waals surface area contributed by atoms with E-state index in [0.717, 1.165) is 51.7 Å². The van der Waals surface area contributed by atoms with Crippen LogP contribution in [0, 0.1) is 5.92 Å². The molecule has 6 heteroatoms. The van der Waals surface area contributed by atoms with Crippen molar-refractivity contribution in [1.82, 2.24) is 15.1 Å². The monoisotopic (exact) mass is 387 g/mol. The first kappa shape index (κ1) is 20.6. The van der Waals surface area contributed by atoms with E-state index in [1.807, 2.05) is 16.7 Å². The predicted octanol–water partition coefficient (Wildman–Crippen LogP) is 2.98. The van der Waals surface area contributed by atoms with Crippen molar-refractivity contribution >= 4 is 12.0 Å². The number of urea groups is 1. The standard InChI is InChI=1S/C22H33N3O3/c1-2-24(16-21(26)27)20-14-19(15-20)23-22(28)25-12-10-18(11-13-25)9-8-17-6-4-3-5-7-17/h3-7,18-20H,2,8-16H2,1H3,(H,23,28)(H,26,27). The van der Waals surface area contributed by atoms with Crippen LogP contribution in [0.3, 0.4) is 0 Å². The van der Waals surface area contributed by atoms with E-state index in [-0.39, 0.29) is 24.7 Å². The molecule has 28 heavy (non-hydrogen) atoms. The van der Waals surface area contributed by atoms with Gasteiger partial charge >= 0.3 is 12.0 Å². The van der Waals surface area contributed by atoms with Gasteiger partial charge in [0.2, 0.25) is 0 Å². The van der Waals surface area contributed by atoms with Crippen molar-refractivity contribution in [1.29, 1.82) is 0 Å². The smallest absolute Gasteiger partial charge is 0.317 e. The van der Waals surface area contributed by atoms with Crippen molar-refractivity contribution in [2.75, 3.05) is 26.2 Å². The summed E-state index contributed by atoms with van der Waals surface area (Å²) < 4.78 is 0. The Hall–Kier alpha value is -2.08. The molecule has 0 atom stereocenters. The van der Waals surface area contributed by atoms with Crippen LogP contribution in [0.2, 0.25) is 0 Å². The lowest BCUT2D eigenvalue weighted by Gasteiger charge is -2.43. The molecule has 1 aromatic carbocycles. The maximum Gasteiger partial charge on any atom is 0.317 e. The zero-order chi connectivity index (χ0) is 19.9. The lowest BCUT2D eigenvalue weighted by atomic mass is 9.85. The van der Waals surface area contributed by atoms with Crippen LogP contribution in [0.1, 0.15) is 44.6 Å². The molecule has 2 fully saturated rings. The Kier molecular flexibility index (Phi) is 7.31. The predicted molar refractivity (Wildman–Crippen MR) is 109 cm³/mol. The third-order valence-electron chi connectivity index (χ3n) is 6.29. The summed E-state index contributed by atoms with van der Waals surface area (Å²) in [5.74, 6) is -0.0871. The minimum Gasteiger partial charge on any atom is -0.480 e. The van der Waals surface area contributed by atoms with E-state index < -0.39 is 5.97 Å². The largest absolute Gasteiger partial charge is 0.480 e. The van der Waals surface area contributed by atoms with Crippen molar-refractivity contribution in [2.24, 2.45) is 5.92 Å². The van der Waals surface area contributed by atoms with Crippen LogP contribution in [0.5, 0.6) is 0 Å². The Labute approximate surface area is 167 Å². The summed E-state index contributed by atoms with van der Waals surface area (Å²) in [6, 6.07) is 11.1. The lowest BCUT2D eigenvalue weighted by Crippen LogP contribution is -2.57. The van der Waals surface area contributed by atoms with Gasteiger partial charge in [0.1, 0.15) is 0 Å². The van der Waals surface area contributed by atoms with Crippen molar-refractivity contribution in [3.05, 3.63) is 35.9 Å². The zero-order valence-corrected chi connectivity index (χ0v) is 16.8. The Morgan fingerprint density at radius 1 is 1.18 bits per heavy atom. The van der Waals surface area contributed by atoms with E-state index in [0.29, 0.717) is 5.92 Å². The van der Waals surface area contributed by atoms with Crippen molar-refractivity contribution in [3.8, 4) is 0 Å². The molecular weight excluding hydrogens is 354 g/mol. The number of likely N-dealkylation sites (N-methyl/N-ethyl adjacent to an activating group) is 1. The van der Waals surface area contributed by atoms with E-state index in [4.69, 9.17) is 5.11 Å². The number of nitrogens with one attached hydrogen (secondary N) is 1. The highest BCUT2D eigenvalue weighted by Crippen LogP contribution is 2.27. The molecule has 2 amide bonds. The number of nitrogens with zero attached hydrogens (tertiary/aromatic N) is 2. The second kappa shape index (κ2) is 9.92. The van der Waals surface area contributed by atoms with Crippen molar-refractivity contribution < 1.29 is 14.7 Å². The van der Waals surface area contributed by atoms with Crippen molar-refractivity contribution in [2.45, 2.75) is 57.5 Å². The minimum absolute atomic E-state index is 0.0474. The van der Waals surface area contributed by atoms with E-state index in [1.165, 1.54) is 12.0 Å². The number of hydrogen-bond donors (Lipinski definition) is 2. The Morgan fingerprint density at radius 2 is 1.86 bits per heavy atom. The van der Waals surface area contributed by atoms with Gasteiger partial charge in [0.05, 0.1) is 6.54 Å². The quantitative estimate of drug-likeness (QED) is 0.719. The first-order valence-electron chi connectivity index (χ1n) is 10.6. The molecule has 6 nitrogen and oxygen atoms in total. The number of aliphatic carboxylic acids is 1. The Balaban J connectivity index is 1.33. The van der Waals surface area contributed by atoms with Gasteiger partial charge in [0.25, 0.3) is 0 Å². The van der Waals surface area contributed by atoms with E-state index >= 15 is 0 Å². The average molecular weight is 388 g/mol. The molecule has 1 aliphatic heterocycles. The number of likely N-dealkylation sites (tertiary alicyclic amines) is 1. The van der Waals surface area contributed by atoms with E-state index in [9.17, 15) is 9.59 Å². The highest BCUT2D eigenvalue weighted by molar-refractivity contribution is 5.74. The van der Waals surface area contributed by atoms with Gasteiger partial charge < -0.3 is 15.3 Å². The fraction of sp³-hybridized carbons (Fsp3) is 0.636. The fourth-order valence-corrected chi connectivity index (χ4v) is 4.38. The number of carbonyl (C=O) groups is 2. The summed E-state index contributed by atoms with van der Waals surface area (Å²) in [7, 11) is 0. The number of carboxylic acid groups (broad SMARTS) is 1. The molecule has 0 bridgehead atoms. The maximum absolute atomic E-state index is 12.5. The summed E-state index contributed by atoms with van der Waals surface area (Å²) in [5, 5.41) is 12.1. The molecule has 0 aromatic heterocycles. The van der Waals surface area contributed by atoms with Crippen LogP contribution < -0.4 is 5.32 Å². The first-order chi connectivity index (χ1) is 13.5. The maximum atomic E-state index is 12.5. The topological polar surface area (TPSA) is 72.9 Å². The summed E-state index contributed by atoms with van der Waals surface area (Å²) in [6.07, 6.45) is 6.16. The van der Waals surface area contributed by atoms with Crippen LogP contribution in [0.4, 0.5) is 4.79 Å². The van der Waals surface area contributed by atoms with Gasteiger partial charge in [-0.25, -0.2) is 4.79 Å². The number of piperidine rings is 1. The van der Waals surface area contributed by atoms with Gasteiger partial charge in [0, 0.05) is 25.2 Å². The molecule has 1 aliphatic carbocycles. The van der Waals surface area contributed by atoms with Gasteiger partial charge in [-0.15, -0.1) is 0 Å². The molecule has 0 radical (unpaired) electrons. The second-order valence-electron chi connectivity index (χ2n) is 8.18. The molecule has 1 heterocycles. The molecule has 0 spiro atoms. The normalized spacial score (nSPS) is 22.7. The third kappa shape index (κ3) is 5.71. The molecule has 2 aliphatic rings. The number of carboxylic acids is 1. The fourth-order valence-electron chi connectivity index (χ4n) is 4.38. The minimum atomic E-state index is -0.788. The molecule has 2 N–H and O–H groups in total. The molecule has 1 saturated carbocycles. The van der Waals surface area contributed by atoms with Crippen molar-refractivity contribution in [3.63, 3.8) is 0 Å². The summed E-state index contributed by atoms with van der Waals surface area (Å²) in [5.41, 5.74) is 1.39. The molecule has 0 unspecified atom stereocenters. The van der Waals surface area contributed by atoms with Crippen LogP contribution in [-0.4, -0.2) is 65.2 Å². The SMILES string of the molecule is CCN(CC(=O)O)C1CC(NC(=O)N2CCC(CCc3ccccc3)CC2)C1. The molecule has 1 saturated heterocycles. The van der Waals surface area contributed by atoms with Gasteiger partial charge in [-0.1, -0.05) is 37.3 Å². The van der Waals surface area contributed by atoms with Crippen LogP contribution in [-0.2, 0) is 11.2 Å². The van der Waals surface area contributed by atoms with Gasteiger partial charge in [0.15, 0.2) is 0 Å². The van der Waals surface area contributed by atoms with Crippen LogP contribution in [0.25, 0.3) is 0 Å². The van der Waals surface area contributed by atoms with Gasteiger partial charge in [-0.2, -0.15) is 0 Å². The summed E-state index contributed by atoms with van der Waals surface area (Å²) in [6.45, 7) is 4.46. The van der Waals surface area contributed by atoms with E-state index in [1.54, 1.807) is 0 Å². The third-order valence-corrected chi connectivity index (χ3v) is 6.29. The number of benzene rings is 1. The molecule has 3 rings (SSSR count). The Bertz CT molecular complexity index is 638. The lowest BCUT2D eigenvalue weighted by molar-refractivity contribution is -0.139. The van der Waals surface area contributed by atoms with Gasteiger partial charge in [-0.3, -0.25) is 9.69 Å². The van der Waals surface area contributed by atoms with E-state index in [2.05, 4.69) is 35.6 Å². The number of rotatable bonds is 8. The zero-order valence-electron chi connectivity index (χ0n) is 16.8. The van der Waals surface area contributed by atoms with Gasteiger partial charge in [-0.05, 0) is 56.6 Å². The average Bonchev–Trinajstić information content (AvgIpc) is 2.68. The molecule has 1 aromatic rings. The van der Waals surface area contributed by atoms with Crippen LogP contribution >= 0.6 is 0 Å². The first-order valence-corrected chi connectivity index (χ1v) is 10.6. The molecule has 154 valence electrons. The Morgan fingerprint density at radius 3 is 2.46 bits per heavy atom.